The molecule has 4 nitrogen and oxygen atoms in total. The minimum absolute atomic E-state index is 0.0602. The van der Waals surface area contributed by atoms with Crippen molar-refractivity contribution in [2.75, 3.05) is 45.2 Å². The third kappa shape index (κ3) is 3.07. The molecule has 0 unspecified atom stereocenters. The van der Waals surface area contributed by atoms with E-state index in [9.17, 15) is 4.79 Å². The van der Waals surface area contributed by atoms with Crippen LogP contribution in [0.5, 0.6) is 5.75 Å². The predicted molar refractivity (Wildman–Crippen MR) is 77.3 cm³/mol. The molecule has 1 saturated heterocycles. The number of carbonyl (C=O) groups is 1. The number of rotatable bonds is 3. The topological polar surface area (TPSA) is 32.8 Å². The summed E-state index contributed by atoms with van der Waals surface area (Å²) < 4.78 is 5.33. The molecule has 0 bridgehead atoms. The van der Waals surface area contributed by atoms with Crippen molar-refractivity contribution in [2.45, 2.75) is 13.3 Å². The van der Waals surface area contributed by atoms with Crippen LogP contribution in [-0.2, 0) is 0 Å². The Kier molecular flexibility index (Phi) is 4.43. The van der Waals surface area contributed by atoms with Crippen LogP contribution in [0, 0.1) is 0 Å². The molecule has 1 aromatic carbocycles. The molecule has 0 spiro atoms. The lowest BCUT2D eigenvalue weighted by molar-refractivity contribution is 0.101. The number of nitrogens with zero attached hydrogens (tertiary/aromatic N) is 2. The first-order chi connectivity index (χ1) is 9.13. The van der Waals surface area contributed by atoms with Gasteiger partial charge in [-0.15, -0.1) is 0 Å². The van der Waals surface area contributed by atoms with Gasteiger partial charge in [0.2, 0.25) is 0 Å². The highest BCUT2D eigenvalue weighted by atomic mass is 16.5. The third-order valence-electron chi connectivity index (χ3n) is 3.64. The smallest absolute Gasteiger partial charge is 0.165 e. The number of likely N-dealkylation sites (N-methyl/N-ethyl adjacent to an activating group) is 1. The highest BCUT2D eigenvalue weighted by molar-refractivity contribution is 6.02. The van der Waals surface area contributed by atoms with Gasteiger partial charge in [0.1, 0.15) is 5.75 Å². The second-order valence-electron chi connectivity index (χ2n) is 5.05. The zero-order valence-corrected chi connectivity index (χ0v) is 12.0. The number of carbonyl (C=O) groups excluding carboxylic acids is 1. The van der Waals surface area contributed by atoms with Gasteiger partial charge in [-0.1, -0.05) is 6.07 Å². The van der Waals surface area contributed by atoms with Crippen LogP contribution in [0.1, 0.15) is 23.7 Å². The van der Waals surface area contributed by atoms with Crippen LogP contribution in [0.4, 0.5) is 5.69 Å². The molecule has 1 heterocycles. The molecule has 0 saturated carbocycles. The summed E-state index contributed by atoms with van der Waals surface area (Å²) in [5, 5.41) is 0. The van der Waals surface area contributed by atoms with Crippen molar-refractivity contribution in [3.63, 3.8) is 0 Å². The van der Waals surface area contributed by atoms with Crippen LogP contribution in [-0.4, -0.2) is 51.0 Å². The third-order valence-corrected chi connectivity index (χ3v) is 3.64. The van der Waals surface area contributed by atoms with Crippen LogP contribution in [0.3, 0.4) is 0 Å². The fraction of sp³-hybridized carbons (Fsp3) is 0.533. The van der Waals surface area contributed by atoms with E-state index in [1.54, 1.807) is 14.0 Å². The first-order valence-corrected chi connectivity index (χ1v) is 6.75. The maximum absolute atomic E-state index is 11.9. The normalized spacial score (nSPS) is 17.1. The standard InChI is InChI=1S/C15H22N2O2/c1-12(18)15-13(6-4-7-14(15)19-3)17-9-5-8-16(2)10-11-17/h4,6-7H,5,8-11H2,1-3H3. The van der Waals surface area contributed by atoms with Gasteiger partial charge in [0.25, 0.3) is 0 Å². The van der Waals surface area contributed by atoms with Gasteiger partial charge in [-0.05, 0) is 39.1 Å². The van der Waals surface area contributed by atoms with E-state index in [4.69, 9.17) is 4.74 Å². The summed E-state index contributed by atoms with van der Waals surface area (Å²) >= 11 is 0. The number of ether oxygens (including phenoxy) is 1. The Balaban J connectivity index is 2.35. The number of ketones is 1. The fourth-order valence-corrected chi connectivity index (χ4v) is 2.59. The van der Waals surface area contributed by atoms with E-state index in [0.717, 1.165) is 38.3 Å². The molecule has 1 fully saturated rings. The molecule has 0 N–H and O–H groups in total. The van der Waals surface area contributed by atoms with E-state index in [0.29, 0.717) is 11.3 Å². The molecular formula is C15H22N2O2. The van der Waals surface area contributed by atoms with Crippen molar-refractivity contribution in [1.29, 1.82) is 0 Å². The highest BCUT2D eigenvalue weighted by Crippen LogP contribution is 2.30. The van der Waals surface area contributed by atoms with E-state index in [1.165, 1.54) is 0 Å². The Morgan fingerprint density at radius 3 is 2.68 bits per heavy atom. The number of hydrogen-bond acceptors (Lipinski definition) is 4. The predicted octanol–water partition coefficient (Wildman–Crippen LogP) is 2.04. The van der Waals surface area contributed by atoms with Crippen LogP contribution < -0.4 is 9.64 Å². The van der Waals surface area contributed by atoms with E-state index >= 15 is 0 Å². The molecule has 1 aliphatic heterocycles. The van der Waals surface area contributed by atoms with Gasteiger partial charge >= 0.3 is 0 Å². The number of hydrogen-bond donors (Lipinski definition) is 0. The molecule has 1 aromatic rings. The monoisotopic (exact) mass is 262 g/mol. The van der Waals surface area contributed by atoms with Gasteiger partial charge in [0.05, 0.1) is 18.4 Å². The summed E-state index contributed by atoms with van der Waals surface area (Å²) in [6, 6.07) is 5.82. The molecule has 0 aromatic heterocycles. The number of anilines is 1. The first-order valence-electron chi connectivity index (χ1n) is 6.75. The second kappa shape index (κ2) is 6.06. The quantitative estimate of drug-likeness (QED) is 0.780. The zero-order valence-electron chi connectivity index (χ0n) is 12.0. The van der Waals surface area contributed by atoms with Crippen molar-refractivity contribution < 1.29 is 9.53 Å². The molecular weight excluding hydrogens is 240 g/mol. The minimum atomic E-state index is 0.0602. The lowest BCUT2D eigenvalue weighted by atomic mass is 10.1. The maximum atomic E-state index is 11.9. The maximum Gasteiger partial charge on any atom is 0.165 e. The van der Waals surface area contributed by atoms with E-state index < -0.39 is 0 Å². The summed E-state index contributed by atoms with van der Waals surface area (Å²) in [5.74, 6) is 0.729. The molecule has 4 heteroatoms. The van der Waals surface area contributed by atoms with Crippen molar-refractivity contribution in [1.82, 2.24) is 4.90 Å². The molecule has 0 atom stereocenters. The number of Topliss-reactive ketones (excluding diaryl/α,β-unsaturated/α-hetero) is 1. The van der Waals surface area contributed by atoms with Crippen molar-refractivity contribution in [3.05, 3.63) is 23.8 Å². The number of methoxy groups -OCH3 is 1. The van der Waals surface area contributed by atoms with Gasteiger partial charge in [0.15, 0.2) is 5.78 Å². The molecule has 0 amide bonds. The SMILES string of the molecule is COc1cccc(N2CCCN(C)CC2)c1C(C)=O. The molecule has 0 aliphatic carbocycles. The van der Waals surface area contributed by atoms with Gasteiger partial charge in [-0.2, -0.15) is 0 Å². The average molecular weight is 262 g/mol. The fourth-order valence-electron chi connectivity index (χ4n) is 2.59. The van der Waals surface area contributed by atoms with E-state index in [-0.39, 0.29) is 5.78 Å². The van der Waals surface area contributed by atoms with Crippen LogP contribution in [0.15, 0.2) is 18.2 Å². The van der Waals surface area contributed by atoms with Crippen LogP contribution in [0.25, 0.3) is 0 Å². The first kappa shape index (κ1) is 13.9. The van der Waals surface area contributed by atoms with Crippen molar-refractivity contribution in [3.8, 4) is 5.75 Å². The Morgan fingerprint density at radius 1 is 1.21 bits per heavy atom. The zero-order chi connectivity index (χ0) is 13.8. The Labute approximate surface area is 115 Å². The summed E-state index contributed by atoms with van der Waals surface area (Å²) in [6.07, 6.45) is 1.12. The lowest BCUT2D eigenvalue weighted by Gasteiger charge is -2.25. The summed E-state index contributed by atoms with van der Waals surface area (Å²) in [7, 11) is 3.75. The average Bonchev–Trinajstić information content (AvgIpc) is 2.62. The molecule has 2 rings (SSSR count). The van der Waals surface area contributed by atoms with Gasteiger partial charge in [-0.3, -0.25) is 4.79 Å². The van der Waals surface area contributed by atoms with Crippen LogP contribution in [0.2, 0.25) is 0 Å². The Bertz CT molecular complexity index is 459. The van der Waals surface area contributed by atoms with E-state index in [1.807, 2.05) is 18.2 Å². The van der Waals surface area contributed by atoms with Crippen LogP contribution >= 0.6 is 0 Å². The molecule has 104 valence electrons. The van der Waals surface area contributed by atoms with Gasteiger partial charge in [0, 0.05) is 19.6 Å². The van der Waals surface area contributed by atoms with Crippen molar-refractivity contribution >= 4 is 11.5 Å². The number of benzene rings is 1. The summed E-state index contributed by atoms with van der Waals surface area (Å²) in [4.78, 5) is 16.5. The Morgan fingerprint density at radius 2 is 2.00 bits per heavy atom. The summed E-state index contributed by atoms with van der Waals surface area (Å²) in [5.41, 5.74) is 1.71. The highest BCUT2D eigenvalue weighted by Gasteiger charge is 2.20. The second-order valence-corrected chi connectivity index (χ2v) is 5.05. The molecule has 19 heavy (non-hydrogen) atoms. The van der Waals surface area contributed by atoms with Gasteiger partial charge in [-0.25, -0.2) is 0 Å². The largest absolute Gasteiger partial charge is 0.496 e. The minimum Gasteiger partial charge on any atom is -0.496 e. The van der Waals surface area contributed by atoms with E-state index in [2.05, 4.69) is 16.8 Å². The lowest BCUT2D eigenvalue weighted by Crippen LogP contribution is -2.29. The molecule has 1 aliphatic rings. The van der Waals surface area contributed by atoms with Crippen molar-refractivity contribution in [2.24, 2.45) is 0 Å². The molecule has 0 radical (unpaired) electrons. The summed E-state index contributed by atoms with van der Waals surface area (Å²) in [6.45, 7) is 5.66. The Hall–Kier alpha value is -1.55. The van der Waals surface area contributed by atoms with Gasteiger partial charge < -0.3 is 14.5 Å².